The summed E-state index contributed by atoms with van der Waals surface area (Å²) in [5.74, 6) is 0.211. The first-order valence-electron chi connectivity index (χ1n) is 10.8. The molecule has 1 aliphatic heterocycles. The highest BCUT2D eigenvalue weighted by molar-refractivity contribution is 6.31. The Kier molecular flexibility index (Phi) is 5.74. The molecule has 3 aromatic carbocycles. The van der Waals surface area contributed by atoms with Gasteiger partial charge in [0.1, 0.15) is 11.3 Å². The summed E-state index contributed by atoms with van der Waals surface area (Å²) in [7, 11) is 1.58. The molecule has 9 heteroatoms. The monoisotopic (exact) mass is 490 g/mol. The maximum absolute atomic E-state index is 13.6. The van der Waals surface area contributed by atoms with E-state index in [1.807, 2.05) is 24.3 Å². The van der Waals surface area contributed by atoms with Crippen molar-refractivity contribution in [3.8, 4) is 5.75 Å². The van der Waals surface area contributed by atoms with E-state index in [1.165, 1.54) is 29.2 Å². The van der Waals surface area contributed by atoms with Gasteiger partial charge in [0.15, 0.2) is 5.43 Å². The van der Waals surface area contributed by atoms with Gasteiger partial charge >= 0.3 is 0 Å². The molecule has 0 bridgehead atoms. The molecule has 176 valence electrons. The van der Waals surface area contributed by atoms with Crippen LogP contribution in [0.1, 0.15) is 33.3 Å². The van der Waals surface area contributed by atoms with Crippen LogP contribution in [0.4, 0.5) is 5.69 Å². The van der Waals surface area contributed by atoms with Gasteiger partial charge in [0.05, 0.1) is 29.0 Å². The quantitative estimate of drug-likeness (QED) is 0.273. The Morgan fingerprint density at radius 2 is 1.86 bits per heavy atom. The molecule has 0 unspecified atom stereocenters. The minimum atomic E-state index is -0.838. The van der Waals surface area contributed by atoms with E-state index in [-0.39, 0.29) is 40.0 Å². The van der Waals surface area contributed by atoms with Gasteiger partial charge in [-0.3, -0.25) is 19.7 Å². The first kappa shape index (κ1) is 22.6. The smallest absolute Gasteiger partial charge is 0.290 e. The summed E-state index contributed by atoms with van der Waals surface area (Å²) in [6.07, 6.45) is 0.495. The highest BCUT2D eigenvalue weighted by atomic mass is 35.5. The number of fused-ring (bicyclic) bond motifs is 2. The van der Waals surface area contributed by atoms with E-state index >= 15 is 0 Å². The summed E-state index contributed by atoms with van der Waals surface area (Å²) in [5.41, 5.74) is 1.30. The third kappa shape index (κ3) is 4.02. The number of halogens is 1. The lowest BCUT2D eigenvalue weighted by molar-refractivity contribution is -0.384. The molecule has 1 aromatic heterocycles. The number of methoxy groups -OCH3 is 1. The molecule has 0 saturated carbocycles. The van der Waals surface area contributed by atoms with Gasteiger partial charge in [-0.05, 0) is 47.9 Å². The number of hydrogen-bond acceptors (Lipinski definition) is 6. The number of carbonyl (C=O) groups excluding carboxylic acids is 1. The molecule has 8 nitrogen and oxygen atoms in total. The highest BCUT2D eigenvalue weighted by Gasteiger charge is 2.42. The Labute approximate surface area is 204 Å². The van der Waals surface area contributed by atoms with E-state index in [4.69, 9.17) is 20.8 Å². The summed E-state index contributed by atoms with van der Waals surface area (Å²) >= 11 is 6.11. The van der Waals surface area contributed by atoms with Gasteiger partial charge in [-0.1, -0.05) is 35.9 Å². The average molecular weight is 491 g/mol. The number of carbonyl (C=O) groups is 1. The van der Waals surface area contributed by atoms with Crippen molar-refractivity contribution in [3.05, 3.63) is 115 Å². The summed E-state index contributed by atoms with van der Waals surface area (Å²) in [5, 5.41) is 12.0. The van der Waals surface area contributed by atoms with E-state index in [9.17, 15) is 19.7 Å². The van der Waals surface area contributed by atoms with Crippen molar-refractivity contribution in [1.29, 1.82) is 0 Å². The van der Waals surface area contributed by atoms with Crippen LogP contribution in [-0.4, -0.2) is 29.4 Å². The van der Waals surface area contributed by atoms with Crippen LogP contribution < -0.4 is 10.2 Å². The lowest BCUT2D eigenvalue weighted by Gasteiger charge is -2.25. The molecule has 1 atom stereocenters. The molecular formula is C26H19ClN2O6. The lowest BCUT2D eigenvalue weighted by Crippen LogP contribution is -2.31. The molecular weight excluding hydrogens is 472 g/mol. The molecule has 1 aliphatic rings. The Hall–Kier alpha value is -4.17. The third-order valence-electron chi connectivity index (χ3n) is 6.12. The van der Waals surface area contributed by atoms with E-state index in [0.717, 1.165) is 5.56 Å². The lowest BCUT2D eigenvalue weighted by atomic mass is 9.98. The molecule has 0 saturated heterocycles. The minimum absolute atomic E-state index is 0.0592. The number of nitrogens with zero attached hydrogens (tertiary/aromatic N) is 2. The topological polar surface area (TPSA) is 103 Å². The van der Waals surface area contributed by atoms with Gasteiger partial charge in [0, 0.05) is 23.7 Å². The summed E-state index contributed by atoms with van der Waals surface area (Å²) in [6, 6.07) is 17.2. The second-order valence-electron chi connectivity index (χ2n) is 8.17. The van der Waals surface area contributed by atoms with Crippen LogP contribution in [0.3, 0.4) is 0 Å². The molecule has 0 N–H and O–H groups in total. The van der Waals surface area contributed by atoms with Crippen LogP contribution in [0, 0.1) is 10.1 Å². The van der Waals surface area contributed by atoms with Crippen molar-refractivity contribution in [2.24, 2.45) is 0 Å². The number of non-ortho nitro benzene ring substituents is 1. The van der Waals surface area contributed by atoms with E-state index < -0.39 is 16.9 Å². The largest absolute Gasteiger partial charge is 0.497 e. The third-order valence-corrected chi connectivity index (χ3v) is 6.36. The van der Waals surface area contributed by atoms with Gasteiger partial charge in [0.25, 0.3) is 11.6 Å². The van der Waals surface area contributed by atoms with Crippen molar-refractivity contribution in [2.75, 3.05) is 13.7 Å². The number of ether oxygens (including phenoxy) is 1. The number of hydrogen-bond donors (Lipinski definition) is 0. The molecule has 0 spiro atoms. The van der Waals surface area contributed by atoms with Gasteiger partial charge in [0.2, 0.25) is 5.76 Å². The van der Waals surface area contributed by atoms with Crippen molar-refractivity contribution < 1.29 is 18.9 Å². The first-order chi connectivity index (χ1) is 16.9. The zero-order chi connectivity index (χ0) is 24.7. The molecule has 5 rings (SSSR count). The molecule has 35 heavy (non-hydrogen) atoms. The fourth-order valence-corrected chi connectivity index (χ4v) is 4.59. The summed E-state index contributed by atoms with van der Waals surface area (Å²) in [4.78, 5) is 39.5. The molecule has 1 amide bonds. The van der Waals surface area contributed by atoms with Gasteiger partial charge in [-0.25, -0.2) is 0 Å². The van der Waals surface area contributed by atoms with Crippen LogP contribution in [0.15, 0.2) is 75.9 Å². The fourth-order valence-electron chi connectivity index (χ4n) is 4.42. The Balaban J connectivity index is 1.63. The van der Waals surface area contributed by atoms with Crippen LogP contribution in [0.25, 0.3) is 11.0 Å². The van der Waals surface area contributed by atoms with Gasteiger partial charge in [-0.15, -0.1) is 0 Å². The number of rotatable bonds is 6. The maximum atomic E-state index is 13.6. The Morgan fingerprint density at radius 3 is 2.57 bits per heavy atom. The number of amides is 1. The van der Waals surface area contributed by atoms with E-state index in [0.29, 0.717) is 22.8 Å². The fraction of sp³-hybridized carbons (Fsp3) is 0.154. The average Bonchev–Trinajstić information content (AvgIpc) is 3.15. The second-order valence-corrected chi connectivity index (χ2v) is 8.60. The zero-order valence-corrected chi connectivity index (χ0v) is 19.3. The van der Waals surface area contributed by atoms with Crippen LogP contribution >= 0.6 is 11.6 Å². The highest BCUT2D eigenvalue weighted by Crippen LogP contribution is 2.39. The molecule has 0 aliphatic carbocycles. The second kappa shape index (κ2) is 8.88. The zero-order valence-electron chi connectivity index (χ0n) is 18.6. The number of nitro groups is 1. The molecule has 0 fully saturated rings. The predicted octanol–water partition coefficient (Wildman–Crippen LogP) is 5.15. The Bertz CT molecular complexity index is 1530. The van der Waals surface area contributed by atoms with E-state index in [2.05, 4.69) is 0 Å². The van der Waals surface area contributed by atoms with Gasteiger partial charge < -0.3 is 14.1 Å². The standard InChI is InChI=1S/C26H19ClN2O6/c1-34-19-8-5-15(6-9-19)11-12-28-23(16-3-2-4-18(13-16)29(32)33)22-24(30)20-14-17(27)7-10-21(20)35-25(22)26(28)31/h2-10,13-14,23H,11-12H2,1H3/t23-/m0/s1. The predicted molar refractivity (Wildman–Crippen MR) is 130 cm³/mol. The summed E-state index contributed by atoms with van der Waals surface area (Å²) in [6.45, 7) is 0.263. The van der Waals surface area contributed by atoms with Crippen LogP contribution in [0.5, 0.6) is 5.75 Å². The SMILES string of the molecule is COc1ccc(CCN2C(=O)c3oc4ccc(Cl)cc4c(=O)c3[C@@H]2c2cccc([N+](=O)[O-])c2)cc1. The normalized spacial score (nSPS) is 14.9. The number of nitro benzene ring substituents is 1. The van der Waals surface area contributed by atoms with Crippen molar-refractivity contribution >= 4 is 34.2 Å². The summed E-state index contributed by atoms with van der Waals surface area (Å²) < 4.78 is 11.1. The minimum Gasteiger partial charge on any atom is -0.497 e. The first-order valence-corrected chi connectivity index (χ1v) is 11.2. The Morgan fingerprint density at radius 1 is 1.09 bits per heavy atom. The van der Waals surface area contributed by atoms with E-state index in [1.54, 1.807) is 25.3 Å². The molecule has 0 radical (unpaired) electrons. The van der Waals surface area contributed by atoms with Crippen molar-refractivity contribution in [2.45, 2.75) is 12.5 Å². The van der Waals surface area contributed by atoms with Crippen LogP contribution in [0.2, 0.25) is 5.02 Å². The van der Waals surface area contributed by atoms with Crippen molar-refractivity contribution in [1.82, 2.24) is 4.90 Å². The van der Waals surface area contributed by atoms with Crippen LogP contribution in [-0.2, 0) is 6.42 Å². The number of benzene rings is 3. The maximum Gasteiger partial charge on any atom is 0.290 e. The molecule has 2 heterocycles. The van der Waals surface area contributed by atoms with Gasteiger partial charge in [-0.2, -0.15) is 0 Å². The molecule has 4 aromatic rings. The van der Waals surface area contributed by atoms with Crippen molar-refractivity contribution in [3.63, 3.8) is 0 Å².